The number of hydrogen-bond acceptors (Lipinski definition) is 4. The van der Waals surface area contributed by atoms with Crippen LogP contribution in [0.5, 0.6) is 0 Å². The van der Waals surface area contributed by atoms with Crippen molar-refractivity contribution in [2.24, 2.45) is 0 Å². The van der Waals surface area contributed by atoms with Crippen molar-refractivity contribution in [3.63, 3.8) is 0 Å². The van der Waals surface area contributed by atoms with Crippen molar-refractivity contribution in [2.75, 3.05) is 0 Å². The molecule has 2 rings (SSSR count). The van der Waals surface area contributed by atoms with E-state index in [9.17, 15) is 10.1 Å². The van der Waals surface area contributed by atoms with E-state index in [-0.39, 0.29) is 5.69 Å². The lowest BCUT2D eigenvalue weighted by Gasteiger charge is -2.03. The van der Waals surface area contributed by atoms with E-state index in [1.165, 1.54) is 12.1 Å². The summed E-state index contributed by atoms with van der Waals surface area (Å²) in [6.45, 7) is 0. The van der Waals surface area contributed by atoms with Crippen LogP contribution in [0.25, 0.3) is 11.1 Å². The quantitative estimate of drug-likeness (QED) is 0.604. The number of rotatable bonds is 2. The van der Waals surface area contributed by atoms with E-state index in [2.05, 4.69) is 0 Å². The summed E-state index contributed by atoms with van der Waals surface area (Å²) >= 11 is 0. The lowest BCUT2D eigenvalue weighted by molar-refractivity contribution is -0.384. The predicted octanol–water partition coefficient (Wildman–Crippen LogP) is 3.01. The van der Waals surface area contributed by atoms with Crippen LogP contribution in [0, 0.1) is 32.8 Å². The van der Waals surface area contributed by atoms with Crippen molar-refractivity contribution >= 4 is 5.69 Å². The molecule has 0 amide bonds. The van der Waals surface area contributed by atoms with Gasteiger partial charge in [-0.25, -0.2) is 0 Å². The van der Waals surface area contributed by atoms with Gasteiger partial charge in [0.05, 0.1) is 16.1 Å². The molecule has 5 heteroatoms. The van der Waals surface area contributed by atoms with E-state index in [4.69, 9.17) is 10.5 Å². The molecule has 90 valence electrons. The van der Waals surface area contributed by atoms with Crippen LogP contribution in [0.4, 0.5) is 5.69 Å². The molecule has 0 aliphatic rings. The Balaban J connectivity index is 2.46. The molecule has 0 heterocycles. The maximum absolute atomic E-state index is 10.6. The van der Waals surface area contributed by atoms with Gasteiger partial charge in [-0.2, -0.15) is 10.5 Å². The van der Waals surface area contributed by atoms with E-state index < -0.39 is 4.92 Å². The van der Waals surface area contributed by atoms with Gasteiger partial charge in [-0.15, -0.1) is 0 Å². The Labute approximate surface area is 109 Å². The average molecular weight is 249 g/mol. The van der Waals surface area contributed by atoms with Gasteiger partial charge in [0.1, 0.15) is 12.1 Å². The summed E-state index contributed by atoms with van der Waals surface area (Å²) < 4.78 is 0. The third-order valence-electron chi connectivity index (χ3n) is 2.67. The summed E-state index contributed by atoms with van der Waals surface area (Å²) in [7, 11) is 0. The molecule has 0 aliphatic carbocycles. The van der Waals surface area contributed by atoms with Crippen LogP contribution >= 0.6 is 0 Å². The number of nitro groups is 1. The van der Waals surface area contributed by atoms with Crippen LogP contribution in [-0.4, -0.2) is 4.92 Å². The summed E-state index contributed by atoms with van der Waals surface area (Å²) in [5, 5.41) is 28.3. The first kappa shape index (κ1) is 12.3. The minimum atomic E-state index is -0.469. The van der Waals surface area contributed by atoms with Crippen molar-refractivity contribution < 1.29 is 4.92 Å². The summed E-state index contributed by atoms with van der Waals surface area (Å²) in [6.07, 6.45) is 0. The summed E-state index contributed by atoms with van der Waals surface area (Å²) in [5.74, 6) is 0. The van der Waals surface area contributed by atoms with Gasteiger partial charge in [0.2, 0.25) is 0 Å². The Morgan fingerprint density at radius 1 is 0.895 bits per heavy atom. The molecule has 0 N–H and O–H groups in total. The van der Waals surface area contributed by atoms with E-state index in [0.29, 0.717) is 11.1 Å². The van der Waals surface area contributed by atoms with Crippen molar-refractivity contribution in [1.29, 1.82) is 10.5 Å². The van der Waals surface area contributed by atoms with E-state index in [0.717, 1.165) is 11.1 Å². The van der Waals surface area contributed by atoms with Crippen LogP contribution in [0.15, 0.2) is 42.5 Å². The topological polar surface area (TPSA) is 90.7 Å². The normalized spacial score (nSPS) is 9.37. The highest BCUT2D eigenvalue weighted by atomic mass is 16.6. The molecule has 0 radical (unpaired) electrons. The number of nitriles is 2. The van der Waals surface area contributed by atoms with Crippen LogP contribution < -0.4 is 0 Å². The Morgan fingerprint density at radius 2 is 1.47 bits per heavy atom. The second-order valence-electron chi connectivity index (χ2n) is 3.79. The monoisotopic (exact) mass is 249 g/mol. The molecule has 0 fully saturated rings. The van der Waals surface area contributed by atoms with Crippen molar-refractivity contribution in [1.82, 2.24) is 0 Å². The third kappa shape index (κ3) is 2.41. The summed E-state index contributed by atoms with van der Waals surface area (Å²) in [4.78, 5) is 10.1. The molecule has 5 nitrogen and oxygen atoms in total. The lowest BCUT2D eigenvalue weighted by atomic mass is 10.00. The molecule has 0 spiro atoms. The molecule has 0 saturated carbocycles. The molecule has 2 aromatic carbocycles. The van der Waals surface area contributed by atoms with E-state index in [1.54, 1.807) is 30.3 Å². The fourth-order valence-electron chi connectivity index (χ4n) is 1.69. The van der Waals surface area contributed by atoms with Crippen LogP contribution in [0.1, 0.15) is 11.1 Å². The Bertz CT molecular complexity index is 722. The van der Waals surface area contributed by atoms with E-state index >= 15 is 0 Å². The number of nitro benzene ring substituents is 1. The Kier molecular flexibility index (Phi) is 3.22. The molecule has 0 unspecified atom stereocenters. The van der Waals surface area contributed by atoms with Crippen LogP contribution in [0.2, 0.25) is 0 Å². The van der Waals surface area contributed by atoms with Gasteiger partial charge in [0.25, 0.3) is 5.69 Å². The van der Waals surface area contributed by atoms with Crippen molar-refractivity contribution in [3.8, 4) is 23.3 Å². The van der Waals surface area contributed by atoms with Gasteiger partial charge < -0.3 is 0 Å². The highest BCUT2D eigenvalue weighted by molar-refractivity contribution is 5.68. The molecule has 0 aliphatic heterocycles. The minimum absolute atomic E-state index is 0.0119. The number of non-ortho nitro benzene ring substituents is 1. The molecule has 0 bridgehead atoms. The highest BCUT2D eigenvalue weighted by Gasteiger charge is 2.07. The Hall–Kier alpha value is -3.18. The van der Waals surface area contributed by atoms with E-state index in [1.807, 2.05) is 12.1 Å². The first-order valence-corrected chi connectivity index (χ1v) is 5.35. The smallest absolute Gasteiger partial charge is 0.258 e. The second kappa shape index (κ2) is 4.99. The molecular formula is C14H7N3O2. The predicted molar refractivity (Wildman–Crippen MR) is 68.0 cm³/mol. The van der Waals surface area contributed by atoms with Gasteiger partial charge in [-0.05, 0) is 35.4 Å². The fourth-order valence-corrected chi connectivity index (χ4v) is 1.69. The second-order valence-corrected chi connectivity index (χ2v) is 3.79. The van der Waals surface area contributed by atoms with Crippen LogP contribution in [-0.2, 0) is 0 Å². The van der Waals surface area contributed by atoms with Gasteiger partial charge >= 0.3 is 0 Å². The van der Waals surface area contributed by atoms with Crippen molar-refractivity contribution in [3.05, 3.63) is 63.7 Å². The minimum Gasteiger partial charge on any atom is -0.258 e. The molecule has 2 aromatic rings. The zero-order valence-electron chi connectivity index (χ0n) is 9.70. The first-order chi connectivity index (χ1) is 9.15. The van der Waals surface area contributed by atoms with Gasteiger partial charge in [0.15, 0.2) is 0 Å². The summed E-state index contributed by atoms with van der Waals surface area (Å²) in [6, 6.07) is 14.8. The number of hydrogen-bond donors (Lipinski definition) is 0. The van der Waals surface area contributed by atoms with Crippen LogP contribution in [0.3, 0.4) is 0 Å². The SMILES string of the molecule is N#Cc1ccc(-c2ccc([N+](=O)[O-])cc2)cc1C#N. The fraction of sp³-hybridized carbons (Fsp3) is 0. The number of benzene rings is 2. The lowest BCUT2D eigenvalue weighted by Crippen LogP contribution is -1.88. The summed E-state index contributed by atoms with van der Waals surface area (Å²) in [5.41, 5.74) is 2.11. The zero-order valence-corrected chi connectivity index (χ0v) is 9.70. The van der Waals surface area contributed by atoms with Crippen molar-refractivity contribution in [2.45, 2.75) is 0 Å². The average Bonchev–Trinajstić information content (AvgIpc) is 2.46. The maximum atomic E-state index is 10.6. The van der Waals surface area contributed by atoms with Gasteiger partial charge in [-0.1, -0.05) is 6.07 Å². The molecule has 0 aromatic heterocycles. The third-order valence-corrected chi connectivity index (χ3v) is 2.67. The van der Waals surface area contributed by atoms with Gasteiger partial charge in [0, 0.05) is 12.1 Å². The van der Waals surface area contributed by atoms with Gasteiger partial charge in [-0.3, -0.25) is 10.1 Å². The Morgan fingerprint density at radius 3 is 2.00 bits per heavy atom. The molecule has 0 saturated heterocycles. The first-order valence-electron chi connectivity index (χ1n) is 5.35. The molecule has 19 heavy (non-hydrogen) atoms. The molecule has 0 atom stereocenters. The maximum Gasteiger partial charge on any atom is 0.269 e. The molecular weight excluding hydrogens is 242 g/mol. The zero-order chi connectivity index (χ0) is 13.8. The number of nitrogens with zero attached hydrogens (tertiary/aromatic N) is 3. The largest absolute Gasteiger partial charge is 0.269 e. The highest BCUT2D eigenvalue weighted by Crippen LogP contribution is 2.24. The standard InChI is InChI=1S/C14H7N3O2/c15-8-12-2-1-11(7-13(12)9-16)10-3-5-14(6-4-10)17(18)19/h1-7H.